The molecule has 2 aromatic rings. The molecule has 1 aromatic heterocycles. The number of hydrogen-bond donors (Lipinski definition) is 2. The standard InChI is InChI=1S/C11H13N3O4S/c1-8-13-11(14-18-8)6-12-19(16,17)10-4-2-3-9(5-10)7-15/h2-5,12,15H,6-7H2,1H3. The Hall–Kier alpha value is -1.77. The highest BCUT2D eigenvalue weighted by atomic mass is 32.2. The summed E-state index contributed by atoms with van der Waals surface area (Å²) in [7, 11) is -3.66. The first-order chi connectivity index (χ1) is 9.01. The second kappa shape index (κ2) is 5.47. The number of benzene rings is 1. The van der Waals surface area contributed by atoms with E-state index in [2.05, 4.69) is 14.9 Å². The summed E-state index contributed by atoms with van der Waals surface area (Å²) in [6, 6.07) is 6.06. The Morgan fingerprint density at radius 2 is 2.21 bits per heavy atom. The molecule has 8 heteroatoms. The zero-order valence-electron chi connectivity index (χ0n) is 10.2. The number of aliphatic hydroxyl groups excluding tert-OH is 1. The van der Waals surface area contributed by atoms with E-state index in [1.807, 2.05) is 0 Å². The molecule has 0 fully saturated rings. The minimum absolute atomic E-state index is 0.0526. The Labute approximate surface area is 110 Å². The maximum Gasteiger partial charge on any atom is 0.240 e. The molecule has 2 rings (SSSR count). The zero-order chi connectivity index (χ0) is 13.9. The highest BCUT2D eigenvalue weighted by Crippen LogP contribution is 2.11. The fourth-order valence-electron chi connectivity index (χ4n) is 1.47. The van der Waals surface area contributed by atoms with Crippen LogP contribution < -0.4 is 4.72 Å². The lowest BCUT2D eigenvalue weighted by atomic mass is 10.2. The van der Waals surface area contributed by atoms with Crippen molar-refractivity contribution in [1.29, 1.82) is 0 Å². The van der Waals surface area contributed by atoms with Crippen LogP contribution in [0.3, 0.4) is 0 Å². The minimum Gasteiger partial charge on any atom is -0.392 e. The molecular formula is C11H13N3O4S. The van der Waals surface area contributed by atoms with E-state index in [0.717, 1.165) is 0 Å². The van der Waals surface area contributed by atoms with Crippen LogP contribution in [0.25, 0.3) is 0 Å². The van der Waals surface area contributed by atoms with Gasteiger partial charge < -0.3 is 9.63 Å². The van der Waals surface area contributed by atoms with Crippen LogP contribution in [-0.2, 0) is 23.2 Å². The van der Waals surface area contributed by atoms with Crippen molar-refractivity contribution >= 4 is 10.0 Å². The molecule has 0 aliphatic heterocycles. The Bertz CT molecular complexity index is 666. The van der Waals surface area contributed by atoms with Crippen LogP contribution in [0, 0.1) is 6.92 Å². The van der Waals surface area contributed by atoms with E-state index >= 15 is 0 Å². The van der Waals surface area contributed by atoms with Crippen molar-refractivity contribution in [3.8, 4) is 0 Å². The summed E-state index contributed by atoms with van der Waals surface area (Å²) < 4.78 is 31.1. The van der Waals surface area contributed by atoms with Crippen molar-refractivity contribution < 1.29 is 18.0 Å². The van der Waals surface area contributed by atoms with Gasteiger partial charge in [-0.2, -0.15) is 4.98 Å². The van der Waals surface area contributed by atoms with Gasteiger partial charge in [0.2, 0.25) is 15.9 Å². The third-order valence-corrected chi connectivity index (χ3v) is 3.78. The maximum atomic E-state index is 12.0. The lowest BCUT2D eigenvalue weighted by Crippen LogP contribution is -2.24. The third-order valence-electron chi connectivity index (χ3n) is 2.38. The number of aliphatic hydroxyl groups is 1. The molecule has 0 radical (unpaired) electrons. The van der Waals surface area contributed by atoms with Gasteiger partial charge in [0.25, 0.3) is 0 Å². The van der Waals surface area contributed by atoms with Crippen molar-refractivity contribution in [2.45, 2.75) is 25.0 Å². The van der Waals surface area contributed by atoms with E-state index < -0.39 is 10.0 Å². The van der Waals surface area contributed by atoms with Crippen molar-refractivity contribution in [3.63, 3.8) is 0 Å². The van der Waals surface area contributed by atoms with Gasteiger partial charge in [-0.05, 0) is 17.7 Å². The highest BCUT2D eigenvalue weighted by molar-refractivity contribution is 7.89. The van der Waals surface area contributed by atoms with Gasteiger partial charge in [0.05, 0.1) is 18.0 Å². The summed E-state index contributed by atoms with van der Waals surface area (Å²) in [4.78, 5) is 3.98. The molecule has 0 amide bonds. The van der Waals surface area contributed by atoms with Gasteiger partial charge in [-0.15, -0.1) is 0 Å². The molecule has 0 bridgehead atoms. The first-order valence-electron chi connectivity index (χ1n) is 5.50. The summed E-state index contributed by atoms with van der Waals surface area (Å²) in [5.41, 5.74) is 0.526. The Kier molecular flexibility index (Phi) is 3.93. The molecule has 1 aromatic carbocycles. The molecule has 0 saturated heterocycles. The Balaban J connectivity index is 2.13. The molecule has 0 aliphatic carbocycles. The summed E-state index contributed by atoms with van der Waals surface area (Å²) in [5, 5.41) is 12.6. The molecule has 7 nitrogen and oxygen atoms in total. The first-order valence-corrected chi connectivity index (χ1v) is 6.98. The van der Waals surface area contributed by atoms with E-state index in [9.17, 15) is 8.42 Å². The first kappa shape index (κ1) is 13.7. The van der Waals surface area contributed by atoms with Gasteiger partial charge in [-0.25, -0.2) is 13.1 Å². The maximum absolute atomic E-state index is 12.0. The van der Waals surface area contributed by atoms with Crippen molar-refractivity contribution in [1.82, 2.24) is 14.9 Å². The molecule has 0 spiro atoms. The van der Waals surface area contributed by atoms with Crippen molar-refractivity contribution in [2.24, 2.45) is 0 Å². The number of nitrogens with one attached hydrogen (secondary N) is 1. The summed E-state index contributed by atoms with van der Waals surface area (Å²) in [6.45, 7) is 1.35. The number of aryl methyl sites for hydroxylation is 1. The van der Waals surface area contributed by atoms with E-state index in [1.165, 1.54) is 12.1 Å². The molecule has 102 valence electrons. The summed E-state index contributed by atoms with van der Waals surface area (Å²) in [6.07, 6.45) is 0. The van der Waals surface area contributed by atoms with Gasteiger partial charge >= 0.3 is 0 Å². The summed E-state index contributed by atoms with van der Waals surface area (Å²) >= 11 is 0. The van der Waals surface area contributed by atoms with E-state index in [-0.39, 0.29) is 23.9 Å². The van der Waals surface area contributed by atoms with Crippen LogP contribution in [0.5, 0.6) is 0 Å². The molecule has 19 heavy (non-hydrogen) atoms. The van der Waals surface area contributed by atoms with Crippen LogP contribution in [0.2, 0.25) is 0 Å². The third kappa shape index (κ3) is 3.37. The molecule has 1 heterocycles. The van der Waals surface area contributed by atoms with Crippen molar-refractivity contribution in [2.75, 3.05) is 0 Å². The van der Waals surface area contributed by atoms with Crippen LogP contribution in [0.4, 0.5) is 0 Å². The van der Waals surface area contributed by atoms with Crippen molar-refractivity contribution in [3.05, 3.63) is 41.5 Å². The van der Waals surface area contributed by atoms with E-state index in [0.29, 0.717) is 11.5 Å². The van der Waals surface area contributed by atoms with Crippen LogP contribution in [-0.4, -0.2) is 23.7 Å². The van der Waals surface area contributed by atoms with Gasteiger partial charge in [0.1, 0.15) is 0 Å². The average molecular weight is 283 g/mol. The fraction of sp³-hybridized carbons (Fsp3) is 0.273. The summed E-state index contributed by atoms with van der Waals surface area (Å²) in [5.74, 6) is 0.635. The molecule has 0 aliphatic rings. The van der Waals surface area contributed by atoms with Gasteiger partial charge in [-0.3, -0.25) is 0 Å². The molecular weight excluding hydrogens is 270 g/mol. The lowest BCUT2D eigenvalue weighted by Gasteiger charge is -2.05. The lowest BCUT2D eigenvalue weighted by molar-refractivity contribution is 0.281. The normalized spacial score (nSPS) is 11.7. The Morgan fingerprint density at radius 3 is 2.84 bits per heavy atom. The largest absolute Gasteiger partial charge is 0.392 e. The number of sulfonamides is 1. The molecule has 2 N–H and O–H groups in total. The fourth-order valence-corrected chi connectivity index (χ4v) is 2.52. The second-order valence-corrected chi connectivity index (χ2v) is 5.63. The van der Waals surface area contributed by atoms with Crippen LogP contribution >= 0.6 is 0 Å². The molecule has 0 saturated carbocycles. The SMILES string of the molecule is Cc1nc(CNS(=O)(=O)c2cccc(CO)c2)no1. The molecule has 0 unspecified atom stereocenters. The number of aromatic nitrogens is 2. The minimum atomic E-state index is -3.66. The van der Waals surface area contributed by atoms with Crippen LogP contribution in [0.15, 0.2) is 33.7 Å². The smallest absolute Gasteiger partial charge is 0.240 e. The molecule has 0 atom stereocenters. The number of nitrogens with zero attached hydrogens (tertiary/aromatic N) is 2. The zero-order valence-corrected chi connectivity index (χ0v) is 11.0. The van der Waals surface area contributed by atoms with Gasteiger partial charge in [-0.1, -0.05) is 17.3 Å². The predicted octanol–water partition coefficient (Wildman–Crippen LogP) is 0.349. The van der Waals surface area contributed by atoms with Gasteiger partial charge in [0.15, 0.2) is 5.82 Å². The second-order valence-electron chi connectivity index (χ2n) is 3.86. The predicted molar refractivity (Wildman–Crippen MR) is 65.4 cm³/mol. The van der Waals surface area contributed by atoms with Crippen LogP contribution in [0.1, 0.15) is 17.3 Å². The quantitative estimate of drug-likeness (QED) is 0.820. The monoisotopic (exact) mass is 283 g/mol. The average Bonchev–Trinajstić information content (AvgIpc) is 2.82. The van der Waals surface area contributed by atoms with Gasteiger partial charge in [0, 0.05) is 6.92 Å². The topological polar surface area (TPSA) is 105 Å². The highest BCUT2D eigenvalue weighted by Gasteiger charge is 2.15. The number of rotatable bonds is 5. The van der Waals surface area contributed by atoms with E-state index in [4.69, 9.17) is 9.63 Å². The van der Waals surface area contributed by atoms with E-state index in [1.54, 1.807) is 19.1 Å². The Morgan fingerprint density at radius 1 is 1.42 bits per heavy atom. The number of hydrogen-bond acceptors (Lipinski definition) is 6.